The molecule has 0 aromatic heterocycles. The van der Waals surface area contributed by atoms with Crippen molar-refractivity contribution < 1.29 is 9.98 Å². The van der Waals surface area contributed by atoms with Gasteiger partial charge in [-0.15, -0.1) is 0 Å². The summed E-state index contributed by atoms with van der Waals surface area (Å²) in [5.41, 5.74) is 14.4. The first-order chi connectivity index (χ1) is 14.1. The highest BCUT2D eigenvalue weighted by atomic mass is 14.9. The van der Waals surface area contributed by atoms with Gasteiger partial charge in [0.1, 0.15) is 0 Å². The summed E-state index contributed by atoms with van der Waals surface area (Å²) in [6.45, 7) is 19.5. The Morgan fingerprint density at radius 1 is 0.967 bits per heavy atom. The summed E-state index contributed by atoms with van der Waals surface area (Å²) < 4.78 is 0. The average Bonchev–Trinajstić information content (AvgIpc) is 3.20. The molecular weight excluding hydrogens is 372 g/mol. The van der Waals surface area contributed by atoms with Crippen LogP contribution in [0.4, 0.5) is 0 Å². The zero-order valence-electron chi connectivity index (χ0n) is 21.3. The fourth-order valence-corrected chi connectivity index (χ4v) is 1.89. The standard InChI is InChI=1S/C6H11N.C6H12.C5H9N.C4H10N2.C3H8N2/c1-6-4-2-3-5-7-6;1-4-6(3)5-2;1-5-3-2-4-6-5;1-3-6-4(2)5;1-3(4)5-2/h4,7H,2-3,5H2,1H3;4H,5H2,1-3H3;3,6H,2,4H2,1H3;3H2,1-2H3,(H2,5,6);1-2H3,(H2,4,5)/p+2. The Morgan fingerprint density at radius 3 is 1.57 bits per heavy atom. The maximum atomic E-state index is 5.21. The predicted molar refractivity (Wildman–Crippen MR) is 135 cm³/mol. The molecule has 0 atom stereocenters. The first-order valence-corrected chi connectivity index (χ1v) is 11.2. The van der Waals surface area contributed by atoms with Gasteiger partial charge in [-0.05, 0) is 60.3 Å². The molecule has 0 amide bonds. The van der Waals surface area contributed by atoms with Crippen molar-refractivity contribution in [3.8, 4) is 0 Å². The van der Waals surface area contributed by atoms with E-state index in [4.69, 9.17) is 11.5 Å². The molecule has 0 fully saturated rings. The summed E-state index contributed by atoms with van der Waals surface area (Å²) >= 11 is 0. The zero-order valence-corrected chi connectivity index (χ0v) is 21.3. The molecule has 6 heteroatoms. The van der Waals surface area contributed by atoms with Gasteiger partial charge in [-0.2, -0.15) is 0 Å². The van der Waals surface area contributed by atoms with Crippen molar-refractivity contribution in [2.24, 2.45) is 11.5 Å². The second-order valence-corrected chi connectivity index (χ2v) is 7.19. The van der Waals surface area contributed by atoms with Crippen LogP contribution in [0.15, 0.2) is 35.2 Å². The van der Waals surface area contributed by atoms with E-state index in [1.54, 1.807) is 14.0 Å². The quantitative estimate of drug-likeness (QED) is 0.227. The topological polar surface area (TPSA) is 104 Å². The zero-order chi connectivity index (χ0) is 23.8. The molecule has 2 rings (SSSR count). The number of rotatable bonds is 2. The van der Waals surface area contributed by atoms with Gasteiger partial charge >= 0.3 is 0 Å². The molecule has 2 aliphatic rings. The van der Waals surface area contributed by atoms with Crippen LogP contribution in [0.25, 0.3) is 0 Å². The normalized spacial score (nSPS) is 15.6. The lowest BCUT2D eigenvalue weighted by molar-refractivity contribution is -0.453. The van der Waals surface area contributed by atoms with Crippen LogP contribution in [0.1, 0.15) is 81.1 Å². The second kappa shape index (κ2) is 24.8. The Hall–Kier alpha value is -2.24. The minimum atomic E-state index is 0.755. The molecule has 0 unspecified atom stereocenters. The van der Waals surface area contributed by atoms with Crippen LogP contribution in [0.5, 0.6) is 0 Å². The third kappa shape index (κ3) is 33.4. The summed E-state index contributed by atoms with van der Waals surface area (Å²) in [6.07, 6.45) is 11.6. The van der Waals surface area contributed by atoms with E-state index in [0.717, 1.165) is 24.8 Å². The summed E-state index contributed by atoms with van der Waals surface area (Å²) in [5.74, 6) is 1.54. The fraction of sp³-hybridized carbons (Fsp3) is 0.667. The number of hydrogen-bond donors (Lipinski definition) is 6. The van der Waals surface area contributed by atoms with Gasteiger partial charge in [0, 0.05) is 38.3 Å². The van der Waals surface area contributed by atoms with E-state index in [1.807, 2.05) is 13.8 Å². The minimum absolute atomic E-state index is 0.755. The van der Waals surface area contributed by atoms with E-state index in [1.165, 1.54) is 49.2 Å². The smallest absolute Gasteiger partial charge is 0.237 e. The molecule has 2 heterocycles. The number of allylic oxidation sites excluding steroid dienone is 5. The van der Waals surface area contributed by atoms with Crippen LogP contribution in [0.2, 0.25) is 0 Å². The van der Waals surface area contributed by atoms with Crippen LogP contribution in [-0.2, 0) is 0 Å². The van der Waals surface area contributed by atoms with Crippen molar-refractivity contribution in [2.75, 3.05) is 26.7 Å². The van der Waals surface area contributed by atoms with Crippen LogP contribution >= 0.6 is 0 Å². The molecule has 8 N–H and O–H groups in total. The van der Waals surface area contributed by atoms with Gasteiger partial charge in [-0.25, -0.2) is 0 Å². The van der Waals surface area contributed by atoms with Crippen LogP contribution in [-0.4, -0.2) is 38.4 Å². The highest BCUT2D eigenvalue weighted by Gasteiger charge is 1.93. The first kappa shape index (κ1) is 32.4. The Kier molecular flexibility index (Phi) is 26.8. The van der Waals surface area contributed by atoms with Crippen LogP contribution < -0.4 is 32.1 Å². The molecule has 0 radical (unpaired) electrons. The van der Waals surface area contributed by atoms with Gasteiger partial charge in [0.05, 0.1) is 13.6 Å². The van der Waals surface area contributed by atoms with Crippen molar-refractivity contribution in [1.29, 1.82) is 0 Å². The largest absolute Gasteiger partial charge is 0.389 e. The molecule has 176 valence electrons. The Morgan fingerprint density at radius 2 is 1.47 bits per heavy atom. The average molecular weight is 425 g/mol. The minimum Gasteiger partial charge on any atom is -0.389 e. The molecule has 0 bridgehead atoms. The van der Waals surface area contributed by atoms with Gasteiger partial charge in [-0.3, -0.25) is 21.5 Å². The Balaban J connectivity index is -0.000000305. The van der Waals surface area contributed by atoms with Crippen molar-refractivity contribution in [3.05, 3.63) is 35.2 Å². The highest BCUT2D eigenvalue weighted by Crippen LogP contribution is 2.00. The van der Waals surface area contributed by atoms with E-state index in [9.17, 15) is 0 Å². The van der Waals surface area contributed by atoms with Gasteiger partial charge < -0.3 is 10.6 Å². The van der Waals surface area contributed by atoms with Crippen LogP contribution in [0.3, 0.4) is 0 Å². The molecule has 30 heavy (non-hydrogen) atoms. The van der Waals surface area contributed by atoms with E-state index in [0.29, 0.717) is 0 Å². The molecule has 0 aliphatic carbocycles. The van der Waals surface area contributed by atoms with Gasteiger partial charge in [-0.1, -0.05) is 30.7 Å². The lowest BCUT2D eigenvalue weighted by Gasteiger charge is -2.09. The lowest BCUT2D eigenvalue weighted by Crippen LogP contribution is -2.73. The van der Waals surface area contributed by atoms with Crippen LogP contribution in [0, 0.1) is 0 Å². The molecule has 0 aromatic rings. The van der Waals surface area contributed by atoms with Gasteiger partial charge in [0.25, 0.3) is 0 Å². The molecule has 2 aliphatic heterocycles. The van der Waals surface area contributed by atoms with E-state index in [-0.39, 0.29) is 0 Å². The Labute approximate surface area is 187 Å². The van der Waals surface area contributed by atoms with Crippen molar-refractivity contribution in [1.82, 2.24) is 10.6 Å². The van der Waals surface area contributed by atoms with Crippen molar-refractivity contribution >= 4 is 11.7 Å². The summed E-state index contributed by atoms with van der Waals surface area (Å²) in [6, 6.07) is 0. The maximum absolute atomic E-state index is 5.21. The number of nitrogens with one attached hydrogen (secondary N) is 4. The number of amidine groups is 2. The van der Waals surface area contributed by atoms with Gasteiger partial charge in [0.15, 0.2) is 0 Å². The molecule has 0 aromatic carbocycles. The van der Waals surface area contributed by atoms with E-state index < -0.39 is 0 Å². The predicted octanol–water partition coefficient (Wildman–Crippen LogP) is 1.06. The van der Waals surface area contributed by atoms with Crippen molar-refractivity contribution in [2.45, 2.75) is 81.1 Å². The maximum Gasteiger partial charge on any atom is 0.237 e. The lowest BCUT2D eigenvalue weighted by atomic mass is 10.2. The number of nitrogens with two attached hydrogens (primary N) is 2. The third-order valence-corrected chi connectivity index (χ3v) is 4.13. The van der Waals surface area contributed by atoms with E-state index >= 15 is 0 Å². The third-order valence-electron chi connectivity index (χ3n) is 4.13. The monoisotopic (exact) mass is 424 g/mol. The second-order valence-electron chi connectivity index (χ2n) is 7.19. The van der Waals surface area contributed by atoms with E-state index in [2.05, 4.69) is 73.5 Å². The summed E-state index contributed by atoms with van der Waals surface area (Å²) in [7, 11) is 1.79. The molecule has 6 nitrogen and oxygen atoms in total. The van der Waals surface area contributed by atoms with Gasteiger partial charge in [0.2, 0.25) is 11.7 Å². The summed E-state index contributed by atoms with van der Waals surface area (Å²) in [4.78, 5) is 5.62. The SMILES string of the molecule is CC1=CCCCN1.CC1=CCCN1.CC=C(C)CC.CC[NH+]=C(C)N.C[NH+]=C(C)N. The molecule has 0 saturated heterocycles. The number of hydrogen-bond acceptors (Lipinski definition) is 2. The van der Waals surface area contributed by atoms with Crippen molar-refractivity contribution in [3.63, 3.8) is 0 Å². The first-order valence-electron chi connectivity index (χ1n) is 11.2. The summed E-state index contributed by atoms with van der Waals surface area (Å²) in [5, 5.41) is 6.42. The molecular formula is C24H52N6+2. The fourth-order valence-electron chi connectivity index (χ4n) is 1.89. The molecule has 0 spiro atoms. The molecule has 0 saturated carbocycles. The Bertz CT molecular complexity index is 534. The highest BCUT2D eigenvalue weighted by molar-refractivity contribution is 5.71.